The minimum Gasteiger partial charge on any atom is -0.457 e. The molecule has 0 aromatic heterocycles. The summed E-state index contributed by atoms with van der Waals surface area (Å²) in [4.78, 5) is 13.0. The molecule has 14 nitrogen and oxygen atoms in total. The molecule has 2 rings (SSSR count). The number of allylic oxidation sites excluding steroid dienone is 4. The molecule has 0 aromatic rings. The molecule has 424 valence electrons. The maximum absolute atomic E-state index is 13.0. The quantitative estimate of drug-likeness (QED) is 0.0172. The Labute approximate surface area is 437 Å². The van der Waals surface area contributed by atoms with E-state index >= 15 is 0 Å². The number of hydrogen-bond acceptors (Lipinski definition) is 14. The van der Waals surface area contributed by atoms with Crippen LogP contribution in [0.3, 0.4) is 0 Å². The highest BCUT2D eigenvalue weighted by atomic mass is 16.7. The van der Waals surface area contributed by atoms with Gasteiger partial charge >= 0.3 is 5.97 Å². The molecule has 2 aliphatic heterocycles. The molecule has 72 heavy (non-hydrogen) atoms. The van der Waals surface area contributed by atoms with E-state index in [0.29, 0.717) is 13.0 Å². The Morgan fingerprint density at radius 2 is 0.819 bits per heavy atom. The Kier molecular flexibility index (Phi) is 42.2. The monoisotopic (exact) mass is 1030 g/mol. The molecular weight excluding hydrogens is 921 g/mol. The normalized spacial score (nSPS) is 25.2. The molecule has 11 unspecified atom stereocenters. The minimum atomic E-state index is -1.71. The fourth-order valence-corrected chi connectivity index (χ4v) is 9.39. The molecule has 0 aromatic carbocycles. The summed E-state index contributed by atoms with van der Waals surface area (Å²) in [5.41, 5.74) is 0. The average Bonchev–Trinajstić information content (AvgIpc) is 3.38. The number of ether oxygens (including phenoxy) is 6. The van der Waals surface area contributed by atoms with Crippen LogP contribution in [0.25, 0.3) is 0 Å². The number of unbranched alkanes of at least 4 members (excludes halogenated alkanes) is 30. The van der Waals surface area contributed by atoms with Gasteiger partial charge in [0.1, 0.15) is 54.9 Å². The van der Waals surface area contributed by atoms with Crippen LogP contribution in [0.15, 0.2) is 24.3 Å². The van der Waals surface area contributed by atoms with Crippen LogP contribution in [-0.4, -0.2) is 142 Å². The van der Waals surface area contributed by atoms with E-state index in [1.54, 1.807) is 0 Å². The van der Waals surface area contributed by atoms with Crippen LogP contribution >= 0.6 is 0 Å². The van der Waals surface area contributed by atoms with Crippen molar-refractivity contribution in [2.24, 2.45) is 0 Å². The van der Waals surface area contributed by atoms with Gasteiger partial charge in [-0.15, -0.1) is 0 Å². The summed E-state index contributed by atoms with van der Waals surface area (Å²) in [6, 6.07) is 0. The van der Waals surface area contributed by atoms with Crippen molar-refractivity contribution in [2.75, 3.05) is 33.0 Å². The van der Waals surface area contributed by atoms with Crippen molar-refractivity contribution in [1.82, 2.24) is 0 Å². The first-order valence-corrected chi connectivity index (χ1v) is 29.4. The first kappa shape index (κ1) is 66.6. The molecule has 0 bridgehead atoms. The van der Waals surface area contributed by atoms with Gasteiger partial charge in [0.2, 0.25) is 0 Å². The first-order chi connectivity index (χ1) is 35.1. The maximum atomic E-state index is 13.0. The summed E-state index contributed by atoms with van der Waals surface area (Å²) in [7, 11) is 0. The average molecular weight is 1030 g/mol. The fourth-order valence-electron chi connectivity index (χ4n) is 9.39. The largest absolute Gasteiger partial charge is 0.457 e. The SMILES string of the molecule is CCCCC/C=C\CCCCCCCC(=O)OC(COCCCCCCCCCCCCCCCC/C=C\CCCCCCCCCC)COC1OC(COC2OC(CO)C(O)C(O)C2O)C(O)C(O)C1O. The highest BCUT2D eigenvalue weighted by molar-refractivity contribution is 5.69. The zero-order chi connectivity index (χ0) is 52.3. The molecule has 0 saturated carbocycles. The van der Waals surface area contributed by atoms with Crippen LogP contribution < -0.4 is 0 Å². The second-order valence-corrected chi connectivity index (χ2v) is 20.8. The molecule has 14 heteroatoms. The van der Waals surface area contributed by atoms with Crippen LogP contribution in [0.5, 0.6) is 0 Å². The van der Waals surface area contributed by atoms with Crippen LogP contribution in [0.1, 0.15) is 239 Å². The Hall–Kier alpha value is -1.53. The summed E-state index contributed by atoms with van der Waals surface area (Å²) in [5, 5.41) is 72.2. The van der Waals surface area contributed by atoms with Gasteiger partial charge < -0.3 is 64.2 Å². The van der Waals surface area contributed by atoms with Gasteiger partial charge in [-0.3, -0.25) is 4.79 Å². The van der Waals surface area contributed by atoms with E-state index in [0.717, 1.165) is 57.8 Å². The highest BCUT2D eigenvalue weighted by Gasteiger charge is 2.47. The van der Waals surface area contributed by atoms with E-state index in [9.17, 15) is 40.5 Å². The van der Waals surface area contributed by atoms with Crippen molar-refractivity contribution in [1.29, 1.82) is 0 Å². The van der Waals surface area contributed by atoms with Gasteiger partial charge in [0, 0.05) is 13.0 Å². The smallest absolute Gasteiger partial charge is 0.306 e. The van der Waals surface area contributed by atoms with E-state index < -0.39 is 80.7 Å². The molecule has 2 aliphatic rings. The number of rotatable bonds is 48. The maximum Gasteiger partial charge on any atom is 0.306 e. The third kappa shape index (κ3) is 32.1. The molecular formula is C58H108O14. The third-order valence-electron chi connectivity index (χ3n) is 14.2. The molecule has 2 heterocycles. The van der Waals surface area contributed by atoms with E-state index in [2.05, 4.69) is 38.2 Å². The Balaban J connectivity index is 1.65. The number of carbonyl (C=O) groups is 1. The molecule has 0 radical (unpaired) electrons. The Bertz CT molecular complexity index is 1290. The predicted octanol–water partition coefficient (Wildman–Crippen LogP) is 10.4. The van der Waals surface area contributed by atoms with Gasteiger partial charge in [-0.1, -0.05) is 192 Å². The number of carbonyl (C=O) groups excluding carboxylic acids is 1. The summed E-state index contributed by atoms with van der Waals surface area (Å²) in [6.07, 6.45) is 35.4. The molecule has 0 aliphatic carbocycles. The summed E-state index contributed by atoms with van der Waals surface area (Å²) in [5.74, 6) is -0.383. The lowest BCUT2D eigenvalue weighted by Crippen LogP contribution is -2.61. The third-order valence-corrected chi connectivity index (χ3v) is 14.2. The second kappa shape index (κ2) is 45.6. The second-order valence-electron chi connectivity index (χ2n) is 20.8. The lowest BCUT2D eigenvalue weighted by molar-refractivity contribution is -0.332. The lowest BCUT2D eigenvalue weighted by Gasteiger charge is -2.42. The van der Waals surface area contributed by atoms with Crippen molar-refractivity contribution >= 4 is 5.97 Å². The topological polar surface area (TPSA) is 214 Å². The van der Waals surface area contributed by atoms with Gasteiger partial charge in [-0.25, -0.2) is 0 Å². The van der Waals surface area contributed by atoms with Gasteiger partial charge in [-0.2, -0.15) is 0 Å². The summed E-state index contributed by atoms with van der Waals surface area (Å²) < 4.78 is 34.3. The first-order valence-electron chi connectivity index (χ1n) is 29.4. The molecule has 2 fully saturated rings. The highest BCUT2D eigenvalue weighted by Crippen LogP contribution is 2.27. The van der Waals surface area contributed by atoms with Gasteiger partial charge in [0.25, 0.3) is 0 Å². The van der Waals surface area contributed by atoms with E-state index in [1.165, 1.54) is 154 Å². The number of hydrogen-bond donors (Lipinski definition) is 7. The van der Waals surface area contributed by atoms with Crippen LogP contribution in [0.2, 0.25) is 0 Å². The van der Waals surface area contributed by atoms with Crippen molar-refractivity contribution in [3.05, 3.63) is 24.3 Å². The van der Waals surface area contributed by atoms with Crippen molar-refractivity contribution in [3.8, 4) is 0 Å². The zero-order valence-corrected chi connectivity index (χ0v) is 45.4. The molecule has 7 N–H and O–H groups in total. The summed E-state index contributed by atoms with van der Waals surface area (Å²) in [6.45, 7) is 3.68. The van der Waals surface area contributed by atoms with Crippen LogP contribution in [0.4, 0.5) is 0 Å². The minimum absolute atomic E-state index is 0.0616. The van der Waals surface area contributed by atoms with Crippen molar-refractivity contribution in [2.45, 2.75) is 306 Å². The number of esters is 1. The molecule has 2 saturated heterocycles. The lowest BCUT2D eigenvalue weighted by atomic mass is 9.98. The van der Waals surface area contributed by atoms with Gasteiger partial charge in [0.15, 0.2) is 12.6 Å². The van der Waals surface area contributed by atoms with Gasteiger partial charge in [0.05, 0.1) is 26.4 Å². The Morgan fingerprint density at radius 3 is 1.29 bits per heavy atom. The molecule has 0 spiro atoms. The van der Waals surface area contributed by atoms with E-state index in [4.69, 9.17) is 28.4 Å². The van der Waals surface area contributed by atoms with Gasteiger partial charge in [-0.05, 0) is 64.2 Å². The molecule has 0 amide bonds. The summed E-state index contributed by atoms with van der Waals surface area (Å²) >= 11 is 0. The van der Waals surface area contributed by atoms with Crippen LogP contribution in [-0.2, 0) is 33.2 Å². The van der Waals surface area contributed by atoms with E-state index in [1.807, 2.05) is 0 Å². The molecule has 11 atom stereocenters. The standard InChI is InChI=1S/C58H108O14/c1-3-5-7-9-11-13-15-17-18-19-20-21-22-23-24-25-26-27-28-29-30-32-34-36-38-40-42-67-44-47(70-50(60)41-39-37-35-33-31-16-14-12-10-8-6-4-2)45-68-57-56(66)54(64)52(62)49(72-57)46-69-58-55(65)53(63)51(61)48(43-59)71-58/h12,14,19-20,47-49,51-59,61-66H,3-11,13,15-18,21-46H2,1-2H3/b14-12-,20-19-. The van der Waals surface area contributed by atoms with E-state index in [-0.39, 0.29) is 25.6 Å². The van der Waals surface area contributed by atoms with Crippen LogP contribution in [0, 0.1) is 0 Å². The Morgan fingerprint density at radius 1 is 0.444 bits per heavy atom. The fraction of sp³-hybridized carbons (Fsp3) is 0.914. The number of aliphatic hydroxyl groups excluding tert-OH is 7. The predicted molar refractivity (Wildman–Crippen MR) is 284 cm³/mol. The zero-order valence-electron chi connectivity index (χ0n) is 45.4. The van der Waals surface area contributed by atoms with Crippen molar-refractivity contribution < 1.29 is 69.0 Å². The number of aliphatic hydroxyl groups is 7. The van der Waals surface area contributed by atoms with Crippen molar-refractivity contribution in [3.63, 3.8) is 0 Å².